The Hall–Kier alpha value is 0.660. The van der Waals surface area contributed by atoms with Crippen LogP contribution in [0.1, 0.15) is 0 Å². The van der Waals surface area contributed by atoms with Crippen LogP contribution >= 0.6 is 25.3 Å². The highest BCUT2D eigenvalue weighted by atomic mass is 32.1. The molecule has 0 aromatic carbocycles. The van der Waals surface area contributed by atoms with E-state index in [1.807, 2.05) is 0 Å². The number of hydrogen-bond acceptors (Lipinski definition) is 3. The van der Waals surface area contributed by atoms with Gasteiger partial charge >= 0.3 is 0 Å². The average molecular weight is 123 g/mol. The van der Waals surface area contributed by atoms with E-state index >= 15 is 0 Å². The van der Waals surface area contributed by atoms with E-state index in [9.17, 15) is 0 Å². The van der Waals surface area contributed by atoms with Crippen molar-refractivity contribution in [2.75, 3.05) is 11.5 Å². The summed E-state index contributed by atoms with van der Waals surface area (Å²) in [6.07, 6.45) is 0. The summed E-state index contributed by atoms with van der Waals surface area (Å²) in [6, 6.07) is 0.164. The Kier molecular flexibility index (Phi) is 4.26. The van der Waals surface area contributed by atoms with Gasteiger partial charge in [0.05, 0.1) is 0 Å². The molecule has 0 aromatic heterocycles. The second kappa shape index (κ2) is 3.84. The van der Waals surface area contributed by atoms with E-state index in [1.54, 1.807) is 0 Å². The minimum Gasteiger partial charge on any atom is -0.326 e. The average Bonchev–Trinajstić information content (AvgIpc) is 1.65. The van der Waals surface area contributed by atoms with Gasteiger partial charge in [0.25, 0.3) is 0 Å². The van der Waals surface area contributed by atoms with E-state index in [0.717, 1.165) is 11.5 Å². The van der Waals surface area contributed by atoms with Gasteiger partial charge in [-0.3, -0.25) is 0 Å². The molecule has 3 heteroatoms. The van der Waals surface area contributed by atoms with Crippen LogP contribution in [-0.2, 0) is 0 Å². The van der Waals surface area contributed by atoms with Crippen molar-refractivity contribution in [2.45, 2.75) is 6.04 Å². The Morgan fingerprint density at radius 1 is 1.33 bits per heavy atom. The molecule has 0 aliphatic carbocycles. The Labute approximate surface area is 49.1 Å². The molecule has 0 atom stereocenters. The predicted molar refractivity (Wildman–Crippen MR) is 35.7 cm³/mol. The third-order valence-corrected chi connectivity index (χ3v) is 1.41. The van der Waals surface area contributed by atoms with Gasteiger partial charge in [0.1, 0.15) is 0 Å². The first-order valence-corrected chi connectivity index (χ1v) is 3.05. The van der Waals surface area contributed by atoms with E-state index in [-0.39, 0.29) is 6.04 Å². The lowest BCUT2D eigenvalue weighted by atomic mass is 10.4. The van der Waals surface area contributed by atoms with Crippen LogP contribution in [0.4, 0.5) is 0 Å². The van der Waals surface area contributed by atoms with Gasteiger partial charge in [-0.25, -0.2) is 0 Å². The molecule has 0 aromatic rings. The maximum atomic E-state index is 5.32. The standard InChI is InChI=1S/C3H9NS2/c4-3(1-5)2-6/h3,5-6H,1-2,4H2. The van der Waals surface area contributed by atoms with Gasteiger partial charge in [-0.1, -0.05) is 0 Å². The fourth-order valence-corrected chi connectivity index (χ4v) is 0.520. The zero-order valence-corrected chi connectivity index (χ0v) is 5.25. The summed E-state index contributed by atoms with van der Waals surface area (Å²) in [7, 11) is 0. The SMILES string of the molecule is NC(CS)CS. The normalized spacial score (nSPS) is 10.0. The van der Waals surface area contributed by atoms with Gasteiger partial charge in [0.15, 0.2) is 0 Å². The summed E-state index contributed by atoms with van der Waals surface area (Å²) >= 11 is 7.84. The zero-order chi connectivity index (χ0) is 4.99. The zero-order valence-electron chi connectivity index (χ0n) is 3.46. The van der Waals surface area contributed by atoms with Crippen LogP contribution in [0.5, 0.6) is 0 Å². The van der Waals surface area contributed by atoms with Gasteiger partial charge < -0.3 is 5.73 Å². The second-order valence-corrected chi connectivity index (χ2v) is 1.86. The van der Waals surface area contributed by atoms with Gasteiger partial charge in [-0.15, -0.1) is 0 Å². The molecule has 0 rings (SSSR count). The summed E-state index contributed by atoms with van der Waals surface area (Å²) in [6.45, 7) is 0. The molecule has 0 spiro atoms. The first-order chi connectivity index (χ1) is 2.81. The molecule has 0 aliphatic heterocycles. The monoisotopic (exact) mass is 123 g/mol. The van der Waals surface area contributed by atoms with Crippen LogP contribution in [0.3, 0.4) is 0 Å². The highest BCUT2D eigenvalue weighted by Crippen LogP contribution is 1.83. The van der Waals surface area contributed by atoms with Crippen molar-refractivity contribution >= 4 is 25.3 Å². The first kappa shape index (κ1) is 6.66. The molecule has 0 aliphatic rings. The molecule has 0 radical (unpaired) electrons. The third-order valence-electron chi connectivity index (χ3n) is 0.469. The van der Waals surface area contributed by atoms with Gasteiger partial charge in [-0.05, 0) is 0 Å². The number of nitrogens with two attached hydrogens (primary N) is 1. The highest BCUT2D eigenvalue weighted by Gasteiger charge is 1.90. The van der Waals surface area contributed by atoms with E-state index in [0.29, 0.717) is 0 Å². The third kappa shape index (κ3) is 2.87. The molecule has 0 amide bonds. The molecule has 38 valence electrons. The van der Waals surface area contributed by atoms with Gasteiger partial charge in [0.2, 0.25) is 0 Å². The van der Waals surface area contributed by atoms with Crippen molar-refractivity contribution in [3.05, 3.63) is 0 Å². The lowest BCUT2D eigenvalue weighted by Gasteiger charge is -1.98. The van der Waals surface area contributed by atoms with Crippen LogP contribution in [0, 0.1) is 0 Å². The second-order valence-electron chi connectivity index (χ2n) is 1.13. The van der Waals surface area contributed by atoms with E-state index in [2.05, 4.69) is 25.3 Å². The van der Waals surface area contributed by atoms with Crippen molar-refractivity contribution in [2.24, 2.45) is 5.73 Å². The van der Waals surface area contributed by atoms with Gasteiger partial charge in [0, 0.05) is 17.5 Å². The van der Waals surface area contributed by atoms with E-state index in [4.69, 9.17) is 5.73 Å². The number of hydrogen-bond donors (Lipinski definition) is 3. The van der Waals surface area contributed by atoms with Gasteiger partial charge in [-0.2, -0.15) is 25.3 Å². The molecule has 0 heterocycles. The molecule has 0 fully saturated rings. The molecule has 6 heavy (non-hydrogen) atoms. The van der Waals surface area contributed by atoms with E-state index in [1.165, 1.54) is 0 Å². The van der Waals surface area contributed by atoms with Crippen molar-refractivity contribution in [1.82, 2.24) is 0 Å². The molecule has 0 saturated heterocycles. The number of rotatable bonds is 2. The maximum Gasteiger partial charge on any atom is 0.0217 e. The molecular weight excluding hydrogens is 114 g/mol. The summed E-state index contributed by atoms with van der Waals surface area (Å²) in [5, 5.41) is 0. The summed E-state index contributed by atoms with van der Waals surface area (Å²) in [5.74, 6) is 1.45. The van der Waals surface area contributed by atoms with Crippen LogP contribution < -0.4 is 5.73 Å². The highest BCUT2D eigenvalue weighted by molar-refractivity contribution is 7.81. The largest absolute Gasteiger partial charge is 0.326 e. The lowest BCUT2D eigenvalue weighted by molar-refractivity contribution is 0.866. The van der Waals surface area contributed by atoms with Crippen LogP contribution in [-0.4, -0.2) is 17.5 Å². The van der Waals surface area contributed by atoms with Crippen molar-refractivity contribution in [3.8, 4) is 0 Å². The molecule has 0 bridgehead atoms. The molecule has 0 unspecified atom stereocenters. The van der Waals surface area contributed by atoms with Crippen molar-refractivity contribution < 1.29 is 0 Å². The van der Waals surface area contributed by atoms with Crippen LogP contribution in [0.2, 0.25) is 0 Å². The summed E-state index contributed by atoms with van der Waals surface area (Å²) in [4.78, 5) is 0. The van der Waals surface area contributed by atoms with Crippen LogP contribution in [0.15, 0.2) is 0 Å². The topological polar surface area (TPSA) is 26.0 Å². The maximum absolute atomic E-state index is 5.32. The molecule has 2 N–H and O–H groups in total. The van der Waals surface area contributed by atoms with Crippen LogP contribution in [0.25, 0.3) is 0 Å². The fourth-order valence-electron chi connectivity index (χ4n) is 0.0577. The smallest absolute Gasteiger partial charge is 0.0217 e. The lowest BCUT2D eigenvalue weighted by Crippen LogP contribution is -2.23. The molecule has 0 saturated carbocycles. The quantitative estimate of drug-likeness (QED) is 0.448. The molecule has 1 nitrogen and oxygen atoms in total. The van der Waals surface area contributed by atoms with Crippen molar-refractivity contribution in [1.29, 1.82) is 0 Å². The predicted octanol–water partition coefficient (Wildman–Crippen LogP) is 0.173. The minimum atomic E-state index is 0.164. The summed E-state index contributed by atoms with van der Waals surface area (Å²) in [5.41, 5.74) is 5.32. The Morgan fingerprint density at radius 2 is 1.67 bits per heavy atom. The Balaban J connectivity index is 2.75. The molecular formula is C3H9NS2. The fraction of sp³-hybridized carbons (Fsp3) is 1.00. The number of thiol groups is 2. The van der Waals surface area contributed by atoms with Crippen molar-refractivity contribution in [3.63, 3.8) is 0 Å². The Morgan fingerprint density at radius 3 is 1.67 bits per heavy atom. The first-order valence-electron chi connectivity index (χ1n) is 1.78. The summed E-state index contributed by atoms with van der Waals surface area (Å²) < 4.78 is 0. The van der Waals surface area contributed by atoms with E-state index < -0.39 is 0 Å². The Bertz CT molecular complexity index is 28.0. The minimum absolute atomic E-state index is 0.164.